The van der Waals surface area contributed by atoms with E-state index in [9.17, 15) is 0 Å². The van der Waals surface area contributed by atoms with Gasteiger partial charge in [-0.3, -0.25) is 4.90 Å². The molecule has 2 aliphatic heterocycles. The van der Waals surface area contributed by atoms with Gasteiger partial charge in [-0.25, -0.2) is 0 Å². The van der Waals surface area contributed by atoms with Gasteiger partial charge in [-0.15, -0.1) is 0 Å². The van der Waals surface area contributed by atoms with Gasteiger partial charge < -0.3 is 10.5 Å². The summed E-state index contributed by atoms with van der Waals surface area (Å²) in [6.07, 6.45) is 7.72. The van der Waals surface area contributed by atoms with E-state index in [0.717, 1.165) is 19.1 Å². The molecule has 4 atom stereocenters. The number of likely N-dealkylation sites (tertiary alicyclic amines) is 1. The lowest BCUT2D eigenvalue weighted by Crippen LogP contribution is -2.52. The quantitative estimate of drug-likeness (QED) is 0.821. The van der Waals surface area contributed by atoms with Crippen molar-refractivity contribution in [3.05, 3.63) is 0 Å². The Morgan fingerprint density at radius 3 is 2.82 bits per heavy atom. The lowest BCUT2D eigenvalue weighted by atomic mass is 9.92. The van der Waals surface area contributed by atoms with E-state index in [0.29, 0.717) is 18.2 Å². The van der Waals surface area contributed by atoms with E-state index in [-0.39, 0.29) is 0 Å². The van der Waals surface area contributed by atoms with Gasteiger partial charge in [0.15, 0.2) is 0 Å². The maximum atomic E-state index is 6.04. The molecule has 0 saturated carbocycles. The molecule has 3 heteroatoms. The molecule has 4 unspecified atom stereocenters. The summed E-state index contributed by atoms with van der Waals surface area (Å²) in [5.74, 6) is 0. The SMILES string of the molecule is CCCC1CC(N2CCC(N)CC2C)CCO1. The summed E-state index contributed by atoms with van der Waals surface area (Å²) in [5.41, 5.74) is 6.04. The normalized spacial score (nSPS) is 40.4. The lowest BCUT2D eigenvalue weighted by molar-refractivity contribution is -0.0454. The number of hydrogen-bond donors (Lipinski definition) is 1. The van der Waals surface area contributed by atoms with Crippen LogP contribution in [-0.4, -0.2) is 42.3 Å². The molecule has 0 amide bonds. The van der Waals surface area contributed by atoms with Crippen LogP contribution < -0.4 is 5.73 Å². The predicted octanol–water partition coefficient (Wildman–Crippen LogP) is 2.15. The fourth-order valence-corrected chi connectivity index (χ4v) is 3.45. The van der Waals surface area contributed by atoms with Gasteiger partial charge in [0.1, 0.15) is 0 Å². The zero-order valence-electron chi connectivity index (χ0n) is 11.4. The maximum Gasteiger partial charge on any atom is 0.0590 e. The van der Waals surface area contributed by atoms with E-state index in [4.69, 9.17) is 10.5 Å². The summed E-state index contributed by atoms with van der Waals surface area (Å²) in [6.45, 7) is 6.72. The fourth-order valence-electron chi connectivity index (χ4n) is 3.45. The Balaban J connectivity index is 1.88. The van der Waals surface area contributed by atoms with Crippen LogP contribution >= 0.6 is 0 Å². The molecule has 2 heterocycles. The zero-order valence-corrected chi connectivity index (χ0v) is 11.4. The molecule has 0 aliphatic carbocycles. The highest BCUT2D eigenvalue weighted by molar-refractivity contribution is 4.88. The minimum Gasteiger partial charge on any atom is -0.378 e. The Morgan fingerprint density at radius 2 is 2.12 bits per heavy atom. The molecular formula is C14H28N2O. The molecular weight excluding hydrogens is 212 g/mol. The summed E-state index contributed by atoms with van der Waals surface area (Å²) >= 11 is 0. The summed E-state index contributed by atoms with van der Waals surface area (Å²) in [6, 6.07) is 1.82. The second kappa shape index (κ2) is 6.17. The van der Waals surface area contributed by atoms with E-state index in [1.807, 2.05) is 0 Å². The Bertz CT molecular complexity index is 232. The molecule has 2 aliphatic rings. The van der Waals surface area contributed by atoms with Crippen LogP contribution in [0.4, 0.5) is 0 Å². The van der Waals surface area contributed by atoms with Crippen molar-refractivity contribution in [3.8, 4) is 0 Å². The highest BCUT2D eigenvalue weighted by atomic mass is 16.5. The third-order valence-electron chi connectivity index (χ3n) is 4.39. The number of nitrogens with zero attached hydrogens (tertiary/aromatic N) is 1. The molecule has 0 aromatic carbocycles. The molecule has 3 nitrogen and oxygen atoms in total. The Kier molecular flexibility index (Phi) is 4.83. The van der Waals surface area contributed by atoms with Crippen LogP contribution in [0.15, 0.2) is 0 Å². The molecule has 0 radical (unpaired) electrons. The first-order chi connectivity index (χ1) is 8.20. The first-order valence-corrected chi connectivity index (χ1v) is 7.33. The van der Waals surface area contributed by atoms with Crippen molar-refractivity contribution in [2.24, 2.45) is 5.73 Å². The summed E-state index contributed by atoms with van der Waals surface area (Å²) < 4.78 is 5.84. The molecule has 0 spiro atoms. The van der Waals surface area contributed by atoms with Crippen LogP contribution in [0.2, 0.25) is 0 Å². The first-order valence-electron chi connectivity index (χ1n) is 7.33. The molecule has 2 fully saturated rings. The van der Waals surface area contributed by atoms with Crippen LogP contribution in [0.5, 0.6) is 0 Å². The Morgan fingerprint density at radius 1 is 1.29 bits per heavy atom. The molecule has 2 saturated heterocycles. The van der Waals surface area contributed by atoms with E-state index in [2.05, 4.69) is 18.7 Å². The average molecular weight is 240 g/mol. The molecule has 0 aromatic rings. The monoisotopic (exact) mass is 240 g/mol. The maximum absolute atomic E-state index is 6.04. The second-order valence-electron chi connectivity index (χ2n) is 5.83. The average Bonchev–Trinajstić information content (AvgIpc) is 2.29. The van der Waals surface area contributed by atoms with Crippen LogP contribution in [0, 0.1) is 0 Å². The van der Waals surface area contributed by atoms with E-state index >= 15 is 0 Å². The predicted molar refractivity (Wildman–Crippen MR) is 71.0 cm³/mol. The number of rotatable bonds is 3. The van der Waals surface area contributed by atoms with Gasteiger partial charge in [-0.1, -0.05) is 13.3 Å². The molecule has 2 N–H and O–H groups in total. The van der Waals surface area contributed by atoms with Crippen LogP contribution in [0.3, 0.4) is 0 Å². The summed E-state index contributed by atoms with van der Waals surface area (Å²) in [7, 11) is 0. The van der Waals surface area contributed by atoms with E-state index in [1.54, 1.807) is 0 Å². The first kappa shape index (κ1) is 13.3. The summed E-state index contributed by atoms with van der Waals surface area (Å²) in [5, 5.41) is 0. The van der Waals surface area contributed by atoms with Gasteiger partial charge in [0, 0.05) is 31.3 Å². The van der Waals surface area contributed by atoms with Crippen LogP contribution in [0.1, 0.15) is 52.4 Å². The van der Waals surface area contributed by atoms with Crippen molar-refractivity contribution in [2.45, 2.75) is 76.6 Å². The highest BCUT2D eigenvalue weighted by Gasteiger charge is 2.32. The summed E-state index contributed by atoms with van der Waals surface area (Å²) in [4.78, 5) is 2.69. The number of nitrogens with two attached hydrogens (primary N) is 1. The van der Waals surface area contributed by atoms with Gasteiger partial charge in [0.2, 0.25) is 0 Å². The topological polar surface area (TPSA) is 38.5 Å². The van der Waals surface area contributed by atoms with Crippen molar-refractivity contribution in [2.75, 3.05) is 13.2 Å². The molecule has 100 valence electrons. The van der Waals surface area contributed by atoms with E-state index in [1.165, 1.54) is 38.6 Å². The number of piperidine rings is 1. The fraction of sp³-hybridized carbons (Fsp3) is 1.00. The van der Waals surface area contributed by atoms with Crippen molar-refractivity contribution in [1.29, 1.82) is 0 Å². The molecule has 17 heavy (non-hydrogen) atoms. The molecule has 0 bridgehead atoms. The lowest BCUT2D eigenvalue weighted by Gasteiger charge is -2.44. The van der Waals surface area contributed by atoms with Gasteiger partial charge in [0.25, 0.3) is 0 Å². The van der Waals surface area contributed by atoms with Crippen molar-refractivity contribution in [3.63, 3.8) is 0 Å². The standard InChI is InChI=1S/C14H28N2O/c1-3-4-14-10-13(6-8-17-14)16-7-5-12(15)9-11(16)2/h11-14H,3-10,15H2,1-2H3. The Hall–Kier alpha value is -0.120. The van der Waals surface area contributed by atoms with Gasteiger partial charge in [-0.05, 0) is 39.0 Å². The highest BCUT2D eigenvalue weighted by Crippen LogP contribution is 2.27. The van der Waals surface area contributed by atoms with Crippen molar-refractivity contribution >= 4 is 0 Å². The number of ether oxygens (including phenoxy) is 1. The van der Waals surface area contributed by atoms with Crippen molar-refractivity contribution < 1.29 is 4.74 Å². The minimum atomic E-state index is 0.424. The third-order valence-corrected chi connectivity index (χ3v) is 4.39. The van der Waals surface area contributed by atoms with E-state index < -0.39 is 0 Å². The van der Waals surface area contributed by atoms with Crippen LogP contribution in [-0.2, 0) is 4.74 Å². The largest absolute Gasteiger partial charge is 0.378 e. The van der Waals surface area contributed by atoms with Gasteiger partial charge in [-0.2, -0.15) is 0 Å². The van der Waals surface area contributed by atoms with Crippen molar-refractivity contribution in [1.82, 2.24) is 4.90 Å². The Labute approximate surface area is 106 Å². The smallest absolute Gasteiger partial charge is 0.0590 e. The molecule has 0 aromatic heterocycles. The van der Waals surface area contributed by atoms with Gasteiger partial charge >= 0.3 is 0 Å². The third kappa shape index (κ3) is 3.43. The number of hydrogen-bond acceptors (Lipinski definition) is 3. The second-order valence-corrected chi connectivity index (χ2v) is 5.83. The molecule has 2 rings (SSSR count). The minimum absolute atomic E-state index is 0.424. The van der Waals surface area contributed by atoms with Crippen LogP contribution in [0.25, 0.3) is 0 Å². The van der Waals surface area contributed by atoms with Gasteiger partial charge in [0.05, 0.1) is 6.10 Å². The zero-order chi connectivity index (χ0) is 12.3.